The van der Waals surface area contributed by atoms with E-state index in [1.807, 2.05) is 0 Å². The van der Waals surface area contributed by atoms with Crippen molar-refractivity contribution in [3.63, 3.8) is 0 Å². The summed E-state index contributed by atoms with van der Waals surface area (Å²) in [6.07, 6.45) is 0. The minimum absolute atomic E-state index is 0.0130. The average Bonchev–Trinajstić information content (AvgIpc) is 2.52. The molecule has 0 aliphatic rings. The van der Waals surface area contributed by atoms with Crippen LogP contribution in [0.2, 0.25) is 0 Å². The van der Waals surface area contributed by atoms with Gasteiger partial charge in [-0.1, -0.05) is 0 Å². The number of anilines is 1. The minimum Gasteiger partial charge on any atom is -0.382 e. The first kappa shape index (κ1) is 7.25. The van der Waals surface area contributed by atoms with Crippen LogP contribution in [-0.2, 0) is 0 Å². The molecule has 0 atom stereocenters. The van der Waals surface area contributed by atoms with Crippen molar-refractivity contribution >= 4 is 22.9 Å². The van der Waals surface area contributed by atoms with Gasteiger partial charge in [0.15, 0.2) is 11.6 Å². The van der Waals surface area contributed by atoms with E-state index in [1.54, 1.807) is 0 Å². The second-order valence-corrected chi connectivity index (χ2v) is 2.03. The van der Waals surface area contributed by atoms with E-state index in [-0.39, 0.29) is 22.9 Å². The lowest BCUT2D eigenvalue weighted by Crippen LogP contribution is -1.93. The van der Waals surface area contributed by atoms with Gasteiger partial charge in [0, 0.05) is 4.91 Å². The van der Waals surface area contributed by atoms with Crippen molar-refractivity contribution in [2.45, 2.75) is 0 Å². The number of nitrogen functional groups attached to an aromatic ring is 1. The van der Waals surface area contributed by atoms with Crippen LogP contribution in [0.4, 0.5) is 11.6 Å². The third-order valence-corrected chi connectivity index (χ3v) is 1.26. The summed E-state index contributed by atoms with van der Waals surface area (Å²) in [7, 11) is 0. The predicted octanol–water partition coefficient (Wildman–Crippen LogP) is 0.537. The van der Waals surface area contributed by atoms with Crippen LogP contribution in [0.25, 0.3) is 21.7 Å². The Bertz CT molecular complexity index is 496. The maximum absolute atomic E-state index is 8.14. The lowest BCUT2D eigenvalue weighted by Gasteiger charge is -1.92. The lowest BCUT2D eigenvalue weighted by atomic mass is 10.6. The standard InChI is InChI=1S/C4H2N8O/c5-1-2(9-12-6)8-4-3(7-1)10-13-11-4/h(H2,5,7,10). The highest BCUT2D eigenvalue weighted by Gasteiger charge is 2.07. The van der Waals surface area contributed by atoms with Gasteiger partial charge in [-0.15, -0.1) is 0 Å². The number of fused-ring (bicyclic) bond motifs is 1. The summed E-state index contributed by atoms with van der Waals surface area (Å²) in [4.78, 5) is 10.0. The fourth-order valence-electron chi connectivity index (χ4n) is 0.758. The van der Waals surface area contributed by atoms with E-state index in [1.165, 1.54) is 0 Å². The summed E-state index contributed by atoms with van der Waals surface area (Å²) in [5, 5.41) is 10.0. The van der Waals surface area contributed by atoms with Crippen LogP contribution in [0.3, 0.4) is 0 Å². The van der Waals surface area contributed by atoms with Crippen LogP contribution >= 0.6 is 0 Å². The quantitative estimate of drug-likeness (QED) is 0.383. The van der Waals surface area contributed by atoms with E-state index in [9.17, 15) is 0 Å². The van der Waals surface area contributed by atoms with Crippen LogP contribution < -0.4 is 5.73 Å². The molecule has 0 saturated carbocycles. The second kappa shape index (κ2) is 2.57. The van der Waals surface area contributed by atoms with E-state index in [0.717, 1.165) is 0 Å². The highest BCUT2D eigenvalue weighted by molar-refractivity contribution is 5.70. The maximum atomic E-state index is 8.14. The van der Waals surface area contributed by atoms with Crippen molar-refractivity contribution < 1.29 is 4.63 Å². The third-order valence-electron chi connectivity index (χ3n) is 1.26. The number of nitrogens with two attached hydrogens (primary N) is 1. The molecule has 0 aliphatic carbocycles. The molecular formula is C4H2N8O. The fraction of sp³-hybridized carbons (Fsp3) is 0. The summed E-state index contributed by atoms with van der Waals surface area (Å²) in [6.45, 7) is 0. The number of rotatable bonds is 1. The molecule has 0 spiro atoms. The van der Waals surface area contributed by atoms with Crippen molar-refractivity contribution in [3.05, 3.63) is 10.4 Å². The summed E-state index contributed by atoms with van der Waals surface area (Å²) in [6, 6.07) is 0. The molecule has 2 aromatic rings. The summed E-state index contributed by atoms with van der Waals surface area (Å²) < 4.78 is 4.34. The van der Waals surface area contributed by atoms with Gasteiger partial charge in [-0.3, -0.25) is 0 Å². The fourth-order valence-corrected chi connectivity index (χ4v) is 0.758. The Morgan fingerprint density at radius 3 is 2.69 bits per heavy atom. The second-order valence-electron chi connectivity index (χ2n) is 2.03. The molecule has 0 bridgehead atoms. The molecule has 0 unspecified atom stereocenters. The third kappa shape index (κ3) is 1.08. The Morgan fingerprint density at radius 1 is 1.31 bits per heavy atom. The van der Waals surface area contributed by atoms with Gasteiger partial charge in [-0.05, 0) is 21.0 Å². The lowest BCUT2D eigenvalue weighted by molar-refractivity contribution is 0.314. The zero-order valence-electron chi connectivity index (χ0n) is 6.12. The van der Waals surface area contributed by atoms with Gasteiger partial charge in [-0.2, -0.15) is 0 Å². The first-order valence-corrected chi connectivity index (χ1v) is 3.12. The van der Waals surface area contributed by atoms with Crippen molar-refractivity contribution in [1.82, 2.24) is 20.3 Å². The van der Waals surface area contributed by atoms with Gasteiger partial charge in [0.05, 0.1) is 0 Å². The summed E-state index contributed by atoms with van der Waals surface area (Å²) >= 11 is 0. The molecule has 0 radical (unpaired) electrons. The molecule has 0 aromatic carbocycles. The van der Waals surface area contributed by atoms with Crippen molar-refractivity contribution in [2.75, 3.05) is 5.73 Å². The van der Waals surface area contributed by atoms with Gasteiger partial charge in [-0.25, -0.2) is 14.6 Å². The molecule has 2 rings (SSSR count). The zero-order valence-corrected chi connectivity index (χ0v) is 6.12. The molecule has 2 heterocycles. The Morgan fingerprint density at radius 2 is 2.00 bits per heavy atom. The molecular weight excluding hydrogens is 176 g/mol. The monoisotopic (exact) mass is 178 g/mol. The van der Waals surface area contributed by atoms with Crippen LogP contribution in [0.1, 0.15) is 0 Å². The van der Waals surface area contributed by atoms with Crippen LogP contribution in [0, 0.1) is 0 Å². The van der Waals surface area contributed by atoms with E-state index >= 15 is 0 Å². The summed E-state index contributed by atoms with van der Waals surface area (Å²) in [5.74, 6) is -0.0494. The first-order chi connectivity index (χ1) is 6.31. The van der Waals surface area contributed by atoms with Crippen LogP contribution in [0.5, 0.6) is 0 Å². The Kier molecular flexibility index (Phi) is 1.43. The SMILES string of the molecule is [N-]=[N+]=Nc1nc2nonc2nc1N. The van der Waals surface area contributed by atoms with Crippen LogP contribution in [0.15, 0.2) is 9.74 Å². The van der Waals surface area contributed by atoms with Crippen molar-refractivity contribution in [1.29, 1.82) is 0 Å². The zero-order chi connectivity index (χ0) is 9.26. The highest BCUT2D eigenvalue weighted by atomic mass is 16.6. The van der Waals surface area contributed by atoms with E-state index in [4.69, 9.17) is 11.3 Å². The van der Waals surface area contributed by atoms with Gasteiger partial charge in [0.25, 0.3) is 0 Å². The maximum Gasteiger partial charge on any atom is 0.245 e. The van der Waals surface area contributed by atoms with E-state index in [2.05, 4.69) is 34.9 Å². The Labute approximate surface area is 70.2 Å². The normalized spacial score (nSPS) is 9.85. The summed E-state index contributed by atoms with van der Waals surface area (Å²) in [5.41, 5.74) is 13.9. The molecule has 0 amide bonds. The predicted molar refractivity (Wildman–Crippen MR) is 40.6 cm³/mol. The van der Waals surface area contributed by atoms with Gasteiger partial charge >= 0.3 is 0 Å². The van der Waals surface area contributed by atoms with Gasteiger partial charge in [0.1, 0.15) is 0 Å². The molecule has 0 saturated heterocycles. The molecule has 2 aromatic heterocycles. The molecule has 0 aliphatic heterocycles. The first-order valence-electron chi connectivity index (χ1n) is 3.12. The van der Waals surface area contributed by atoms with Crippen LogP contribution in [-0.4, -0.2) is 20.3 Å². The van der Waals surface area contributed by atoms with Crippen molar-refractivity contribution in [2.24, 2.45) is 5.11 Å². The Balaban J connectivity index is 2.75. The van der Waals surface area contributed by atoms with Gasteiger partial charge < -0.3 is 5.73 Å². The highest BCUT2D eigenvalue weighted by Crippen LogP contribution is 2.18. The molecule has 9 nitrogen and oxygen atoms in total. The number of hydrogen-bond acceptors (Lipinski definition) is 7. The Hall–Kier alpha value is -2.41. The molecule has 2 N–H and O–H groups in total. The number of nitrogens with zero attached hydrogens (tertiary/aromatic N) is 7. The molecule has 64 valence electrons. The number of hydrogen-bond donors (Lipinski definition) is 1. The van der Waals surface area contributed by atoms with E-state index < -0.39 is 0 Å². The smallest absolute Gasteiger partial charge is 0.245 e. The molecule has 13 heavy (non-hydrogen) atoms. The van der Waals surface area contributed by atoms with E-state index in [0.29, 0.717) is 0 Å². The largest absolute Gasteiger partial charge is 0.382 e. The number of azide groups is 1. The van der Waals surface area contributed by atoms with Crippen molar-refractivity contribution in [3.8, 4) is 0 Å². The van der Waals surface area contributed by atoms with Gasteiger partial charge in [0.2, 0.25) is 11.3 Å². The average molecular weight is 178 g/mol. The topological polar surface area (TPSA) is 139 Å². The molecule has 9 heteroatoms. The number of aromatic nitrogens is 4. The molecule has 0 fully saturated rings. The minimum atomic E-state index is -0.0364.